The Balaban J connectivity index is 2.20. The number of aromatic nitrogens is 1. The summed E-state index contributed by atoms with van der Waals surface area (Å²) in [7, 11) is 0. The molecule has 2 atom stereocenters. The van der Waals surface area contributed by atoms with Crippen LogP contribution in [-0.2, 0) is 6.54 Å². The summed E-state index contributed by atoms with van der Waals surface area (Å²) in [5.74, 6) is 0.602. The quantitative estimate of drug-likeness (QED) is 0.750. The number of fused-ring (bicyclic) bond motifs is 3. The normalized spacial score (nSPS) is 24.6. The van der Waals surface area contributed by atoms with Gasteiger partial charge in [0.2, 0.25) is 0 Å². The highest BCUT2D eigenvalue weighted by molar-refractivity contribution is 5.85. The molecule has 2 aromatic rings. The molecular formula is C14H18N2. The van der Waals surface area contributed by atoms with Crippen molar-refractivity contribution in [3.8, 4) is 0 Å². The molecule has 1 aromatic carbocycles. The average molecular weight is 214 g/mol. The summed E-state index contributed by atoms with van der Waals surface area (Å²) in [6.07, 6.45) is 1.19. The Morgan fingerprint density at radius 1 is 1.31 bits per heavy atom. The molecule has 0 bridgehead atoms. The fraction of sp³-hybridized carbons (Fsp3) is 0.429. The van der Waals surface area contributed by atoms with Gasteiger partial charge in [-0.2, -0.15) is 0 Å². The minimum atomic E-state index is 0.602. The van der Waals surface area contributed by atoms with E-state index in [0.29, 0.717) is 12.0 Å². The molecule has 1 aliphatic heterocycles. The average Bonchev–Trinajstić information content (AvgIpc) is 2.68. The summed E-state index contributed by atoms with van der Waals surface area (Å²) in [4.78, 5) is 3.53. The van der Waals surface area contributed by atoms with Crippen molar-refractivity contribution in [1.82, 2.24) is 10.3 Å². The lowest BCUT2D eigenvalue weighted by molar-refractivity contribution is 0.409. The molecule has 0 saturated heterocycles. The maximum Gasteiger partial charge on any atom is 0.0459 e. The zero-order valence-corrected chi connectivity index (χ0v) is 9.88. The van der Waals surface area contributed by atoms with Crippen LogP contribution in [0.3, 0.4) is 0 Å². The van der Waals surface area contributed by atoms with E-state index in [1.807, 2.05) is 0 Å². The SMILES string of the molecule is CCC1NCc2[nH]c3ccccc3c2C1C. The van der Waals surface area contributed by atoms with Crippen LogP contribution in [0.4, 0.5) is 0 Å². The first-order valence-corrected chi connectivity index (χ1v) is 6.14. The first-order chi connectivity index (χ1) is 7.81. The zero-order valence-electron chi connectivity index (χ0n) is 9.88. The van der Waals surface area contributed by atoms with Crippen LogP contribution in [0, 0.1) is 0 Å². The molecule has 0 spiro atoms. The van der Waals surface area contributed by atoms with Gasteiger partial charge in [0.1, 0.15) is 0 Å². The van der Waals surface area contributed by atoms with Crippen LogP contribution < -0.4 is 5.32 Å². The molecule has 2 unspecified atom stereocenters. The lowest BCUT2D eigenvalue weighted by Crippen LogP contribution is -2.37. The Morgan fingerprint density at radius 2 is 2.12 bits per heavy atom. The number of nitrogens with one attached hydrogen (secondary N) is 2. The highest BCUT2D eigenvalue weighted by Crippen LogP contribution is 2.34. The maximum atomic E-state index is 3.60. The van der Waals surface area contributed by atoms with Crippen molar-refractivity contribution >= 4 is 10.9 Å². The van der Waals surface area contributed by atoms with Gasteiger partial charge >= 0.3 is 0 Å². The van der Waals surface area contributed by atoms with Crippen LogP contribution in [0.2, 0.25) is 0 Å². The lowest BCUT2D eigenvalue weighted by Gasteiger charge is -2.29. The number of hydrogen-bond donors (Lipinski definition) is 2. The predicted octanol–water partition coefficient (Wildman–Crippen LogP) is 3.15. The zero-order chi connectivity index (χ0) is 11.1. The second kappa shape index (κ2) is 3.63. The second-order valence-electron chi connectivity index (χ2n) is 4.75. The van der Waals surface area contributed by atoms with Crippen LogP contribution in [0.15, 0.2) is 24.3 Å². The van der Waals surface area contributed by atoms with Crippen molar-refractivity contribution in [2.45, 2.75) is 38.8 Å². The van der Waals surface area contributed by atoms with E-state index in [2.05, 4.69) is 48.4 Å². The molecule has 2 N–H and O–H groups in total. The monoisotopic (exact) mass is 214 g/mol. The van der Waals surface area contributed by atoms with Gasteiger partial charge in [-0.25, -0.2) is 0 Å². The molecule has 2 nitrogen and oxygen atoms in total. The van der Waals surface area contributed by atoms with Crippen LogP contribution in [-0.4, -0.2) is 11.0 Å². The van der Waals surface area contributed by atoms with E-state index in [4.69, 9.17) is 0 Å². The van der Waals surface area contributed by atoms with Crippen LogP contribution in [0.5, 0.6) is 0 Å². The fourth-order valence-electron chi connectivity index (χ4n) is 2.99. The topological polar surface area (TPSA) is 27.8 Å². The number of H-pyrrole nitrogens is 1. The van der Waals surface area contributed by atoms with E-state index in [1.54, 1.807) is 0 Å². The van der Waals surface area contributed by atoms with Gasteiger partial charge in [0.15, 0.2) is 0 Å². The Hall–Kier alpha value is -1.28. The van der Waals surface area contributed by atoms with Crippen LogP contribution >= 0.6 is 0 Å². The van der Waals surface area contributed by atoms with Crippen molar-refractivity contribution in [2.24, 2.45) is 0 Å². The molecule has 16 heavy (non-hydrogen) atoms. The maximum absolute atomic E-state index is 3.60. The molecule has 84 valence electrons. The summed E-state index contributed by atoms with van der Waals surface area (Å²) >= 11 is 0. The van der Waals surface area contributed by atoms with Crippen molar-refractivity contribution in [3.05, 3.63) is 35.5 Å². The van der Waals surface area contributed by atoms with E-state index >= 15 is 0 Å². The molecule has 1 aromatic heterocycles. The molecule has 0 amide bonds. The second-order valence-corrected chi connectivity index (χ2v) is 4.75. The lowest BCUT2D eigenvalue weighted by atomic mass is 9.86. The fourth-order valence-corrected chi connectivity index (χ4v) is 2.99. The van der Waals surface area contributed by atoms with Gasteiger partial charge < -0.3 is 10.3 Å². The summed E-state index contributed by atoms with van der Waals surface area (Å²) in [5, 5.41) is 5.01. The van der Waals surface area contributed by atoms with Gasteiger partial charge in [-0.05, 0) is 24.0 Å². The van der Waals surface area contributed by atoms with Crippen LogP contribution in [0.25, 0.3) is 10.9 Å². The van der Waals surface area contributed by atoms with Crippen molar-refractivity contribution in [2.75, 3.05) is 0 Å². The van der Waals surface area contributed by atoms with Gasteiger partial charge in [0.05, 0.1) is 0 Å². The molecule has 3 rings (SSSR count). The van der Waals surface area contributed by atoms with Crippen LogP contribution in [0.1, 0.15) is 37.4 Å². The number of benzene rings is 1. The Labute approximate surface area is 96.1 Å². The Kier molecular flexibility index (Phi) is 2.25. The van der Waals surface area contributed by atoms with E-state index in [-0.39, 0.29) is 0 Å². The Morgan fingerprint density at radius 3 is 2.94 bits per heavy atom. The number of para-hydroxylation sites is 1. The summed E-state index contributed by atoms with van der Waals surface area (Å²) in [5.41, 5.74) is 4.18. The van der Waals surface area contributed by atoms with Crippen molar-refractivity contribution in [1.29, 1.82) is 0 Å². The first-order valence-electron chi connectivity index (χ1n) is 6.14. The molecule has 0 fully saturated rings. The summed E-state index contributed by atoms with van der Waals surface area (Å²) in [6, 6.07) is 9.25. The number of hydrogen-bond acceptors (Lipinski definition) is 1. The van der Waals surface area contributed by atoms with Gasteiger partial charge in [-0.15, -0.1) is 0 Å². The summed E-state index contributed by atoms with van der Waals surface area (Å²) < 4.78 is 0. The molecule has 0 radical (unpaired) electrons. The van der Waals surface area contributed by atoms with E-state index in [1.165, 1.54) is 28.6 Å². The molecular weight excluding hydrogens is 196 g/mol. The van der Waals surface area contributed by atoms with Crippen molar-refractivity contribution < 1.29 is 0 Å². The third-order valence-corrected chi connectivity index (χ3v) is 3.87. The highest BCUT2D eigenvalue weighted by Gasteiger charge is 2.27. The first kappa shape index (κ1) is 9.91. The van der Waals surface area contributed by atoms with E-state index in [9.17, 15) is 0 Å². The standard InChI is InChI=1S/C14H18N2/c1-3-11-9(2)14-10-6-4-5-7-12(10)16-13(14)8-15-11/h4-7,9,11,15-16H,3,8H2,1-2H3. The highest BCUT2D eigenvalue weighted by atomic mass is 15.0. The van der Waals surface area contributed by atoms with Gasteiger partial charge in [-0.3, -0.25) is 0 Å². The van der Waals surface area contributed by atoms with Gasteiger partial charge in [0.25, 0.3) is 0 Å². The van der Waals surface area contributed by atoms with Gasteiger partial charge in [-0.1, -0.05) is 32.0 Å². The smallest absolute Gasteiger partial charge is 0.0459 e. The third kappa shape index (κ3) is 1.30. The number of aromatic amines is 1. The minimum Gasteiger partial charge on any atom is -0.357 e. The summed E-state index contributed by atoms with van der Waals surface area (Å²) in [6.45, 7) is 5.57. The Bertz CT molecular complexity index is 512. The minimum absolute atomic E-state index is 0.602. The van der Waals surface area contributed by atoms with Crippen molar-refractivity contribution in [3.63, 3.8) is 0 Å². The largest absolute Gasteiger partial charge is 0.357 e. The molecule has 1 aliphatic rings. The van der Waals surface area contributed by atoms with E-state index < -0.39 is 0 Å². The predicted molar refractivity (Wildman–Crippen MR) is 67.6 cm³/mol. The third-order valence-electron chi connectivity index (χ3n) is 3.87. The molecule has 0 aliphatic carbocycles. The molecule has 2 heteroatoms. The number of rotatable bonds is 1. The van der Waals surface area contributed by atoms with Gasteiger partial charge in [0, 0.05) is 29.2 Å². The van der Waals surface area contributed by atoms with E-state index in [0.717, 1.165) is 6.54 Å². The molecule has 0 saturated carbocycles. The molecule has 2 heterocycles.